The van der Waals surface area contributed by atoms with Crippen LogP contribution < -0.4 is 5.32 Å². The molecule has 1 heterocycles. The molecule has 1 aromatic heterocycles. The van der Waals surface area contributed by atoms with Gasteiger partial charge in [0.1, 0.15) is 5.82 Å². The molecule has 2 rings (SSSR count). The van der Waals surface area contributed by atoms with Gasteiger partial charge in [-0.3, -0.25) is 0 Å². The highest BCUT2D eigenvalue weighted by Crippen LogP contribution is 2.35. The predicted octanol–water partition coefficient (Wildman–Crippen LogP) is 5.25. The van der Waals surface area contributed by atoms with Gasteiger partial charge in [-0.25, -0.2) is 4.98 Å². The van der Waals surface area contributed by atoms with Crippen LogP contribution in [0.2, 0.25) is 0 Å². The maximum atomic E-state index is 12.9. The van der Waals surface area contributed by atoms with Crippen molar-refractivity contribution in [3.8, 4) is 0 Å². The number of halogens is 5. The molecule has 2 nitrogen and oxygen atoms in total. The summed E-state index contributed by atoms with van der Waals surface area (Å²) in [5.74, 6) is -0.229. The summed E-state index contributed by atoms with van der Waals surface area (Å²) in [7, 11) is 0. The van der Waals surface area contributed by atoms with E-state index < -0.39 is 17.1 Å². The van der Waals surface area contributed by atoms with E-state index in [1.54, 1.807) is 0 Å². The number of anilines is 1. The summed E-state index contributed by atoms with van der Waals surface area (Å²) in [6, 6.07) is 10.1. The first kappa shape index (κ1) is 16.1. The van der Waals surface area contributed by atoms with Crippen LogP contribution in [0.3, 0.4) is 0 Å². The van der Waals surface area contributed by atoms with E-state index in [2.05, 4.69) is 26.2 Å². The maximum absolute atomic E-state index is 12.9. The van der Waals surface area contributed by atoms with Crippen molar-refractivity contribution in [2.24, 2.45) is 0 Å². The zero-order valence-electron chi connectivity index (χ0n) is 10.7. The largest absolute Gasteiger partial charge is 0.419 e. The highest BCUT2D eigenvalue weighted by molar-refractivity contribution is 9.10. The predicted molar refractivity (Wildman–Crippen MR) is 80.5 cm³/mol. The SMILES string of the molecule is FC(F)(F)c1cc(Br)cnc1NCC(Cl)c1ccccc1. The molecule has 2 aromatic rings. The summed E-state index contributed by atoms with van der Waals surface area (Å²) < 4.78 is 39.1. The molecule has 0 aliphatic carbocycles. The Morgan fingerprint density at radius 3 is 2.52 bits per heavy atom. The minimum atomic E-state index is -4.48. The molecule has 0 bridgehead atoms. The van der Waals surface area contributed by atoms with Gasteiger partial charge in [0.25, 0.3) is 0 Å². The van der Waals surface area contributed by atoms with Crippen LogP contribution in [0.15, 0.2) is 47.1 Å². The normalized spacial score (nSPS) is 13.0. The van der Waals surface area contributed by atoms with Crippen molar-refractivity contribution in [1.29, 1.82) is 0 Å². The molecule has 1 atom stereocenters. The Labute approximate surface area is 133 Å². The molecule has 0 saturated carbocycles. The Balaban J connectivity index is 2.14. The molecule has 0 aliphatic heterocycles. The minimum absolute atomic E-state index is 0.142. The van der Waals surface area contributed by atoms with E-state index in [1.165, 1.54) is 6.20 Å². The lowest BCUT2D eigenvalue weighted by Gasteiger charge is -2.16. The topological polar surface area (TPSA) is 24.9 Å². The average Bonchev–Trinajstić information content (AvgIpc) is 2.45. The second-order valence-corrected chi connectivity index (χ2v) is 5.75. The zero-order chi connectivity index (χ0) is 15.5. The number of benzene rings is 1. The van der Waals surface area contributed by atoms with Crippen LogP contribution in [0.25, 0.3) is 0 Å². The number of rotatable bonds is 4. The second-order valence-electron chi connectivity index (χ2n) is 4.31. The number of hydrogen-bond acceptors (Lipinski definition) is 2. The third-order valence-electron chi connectivity index (χ3n) is 2.77. The van der Waals surface area contributed by atoms with Gasteiger partial charge in [0.2, 0.25) is 0 Å². The summed E-state index contributed by atoms with van der Waals surface area (Å²) in [4.78, 5) is 3.77. The maximum Gasteiger partial charge on any atom is 0.419 e. The molecule has 21 heavy (non-hydrogen) atoms. The van der Waals surface area contributed by atoms with E-state index in [4.69, 9.17) is 11.6 Å². The van der Waals surface area contributed by atoms with E-state index in [-0.39, 0.29) is 16.8 Å². The standard InChI is InChI=1S/C14H11BrClF3N2/c15-10-6-11(14(17,18)19)13(20-7-10)21-8-12(16)9-4-2-1-3-5-9/h1-7,12H,8H2,(H,20,21). The molecule has 0 amide bonds. The summed E-state index contributed by atoms with van der Waals surface area (Å²) in [6.45, 7) is 0.142. The van der Waals surface area contributed by atoms with Crippen LogP contribution in [0, 0.1) is 0 Å². The molecule has 1 aromatic carbocycles. The van der Waals surface area contributed by atoms with E-state index in [1.807, 2.05) is 30.3 Å². The number of nitrogens with zero attached hydrogens (tertiary/aromatic N) is 1. The number of hydrogen-bond donors (Lipinski definition) is 1. The highest BCUT2D eigenvalue weighted by Gasteiger charge is 2.34. The molecule has 0 spiro atoms. The Bertz CT molecular complexity index is 605. The highest BCUT2D eigenvalue weighted by atomic mass is 79.9. The van der Waals surface area contributed by atoms with Crippen LogP contribution in [-0.2, 0) is 6.18 Å². The van der Waals surface area contributed by atoms with Crippen molar-refractivity contribution < 1.29 is 13.2 Å². The second kappa shape index (κ2) is 6.66. The number of nitrogens with one attached hydrogen (secondary N) is 1. The van der Waals surface area contributed by atoms with Crippen molar-refractivity contribution in [3.63, 3.8) is 0 Å². The van der Waals surface area contributed by atoms with Crippen molar-refractivity contribution in [2.75, 3.05) is 11.9 Å². The van der Waals surface area contributed by atoms with Crippen LogP contribution in [-0.4, -0.2) is 11.5 Å². The minimum Gasteiger partial charge on any atom is -0.368 e. The summed E-state index contributed by atoms with van der Waals surface area (Å²) in [5, 5.41) is 2.21. The van der Waals surface area contributed by atoms with Crippen LogP contribution in [0.4, 0.5) is 19.0 Å². The van der Waals surface area contributed by atoms with Gasteiger partial charge in [-0.2, -0.15) is 13.2 Å². The molecular weight excluding hydrogens is 369 g/mol. The Morgan fingerprint density at radius 2 is 1.90 bits per heavy atom. The van der Waals surface area contributed by atoms with E-state index in [0.29, 0.717) is 0 Å². The van der Waals surface area contributed by atoms with Gasteiger partial charge < -0.3 is 5.32 Å². The van der Waals surface area contributed by atoms with Gasteiger partial charge in [0, 0.05) is 17.2 Å². The number of pyridine rings is 1. The third kappa shape index (κ3) is 4.35. The fourth-order valence-corrected chi connectivity index (χ4v) is 2.32. The van der Waals surface area contributed by atoms with Gasteiger partial charge >= 0.3 is 6.18 Å². The van der Waals surface area contributed by atoms with Crippen LogP contribution >= 0.6 is 27.5 Å². The Kier molecular flexibility index (Phi) is 5.11. The van der Waals surface area contributed by atoms with Crippen molar-refractivity contribution in [1.82, 2.24) is 4.98 Å². The fraction of sp³-hybridized carbons (Fsp3) is 0.214. The van der Waals surface area contributed by atoms with E-state index >= 15 is 0 Å². The Morgan fingerprint density at radius 1 is 1.24 bits per heavy atom. The van der Waals surface area contributed by atoms with Gasteiger partial charge in [0.05, 0.1) is 10.9 Å². The number of aromatic nitrogens is 1. The lowest BCUT2D eigenvalue weighted by molar-refractivity contribution is -0.137. The van der Waals surface area contributed by atoms with Crippen molar-refractivity contribution in [3.05, 3.63) is 58.2 Å². The quantitative estimate of drug-likeness (QED) is 0.734. The molecule has 112 valence electrons. The van der Waals surface area contributed by atoms with Crippen molar-refractivity contribution in [2.45, 2.75) is 11.6 Å². The molecule has 0 radical (unpaired) electrons. The smallest absolute Gasteiger partial charge is 0.368 e. The monoisotopic (exact) mass is 378 g/mol. The molecular formula is C14H11BrClF3N2. The van der Waals surface area contributed by atoms with Crippen LogP contribution in [0.1, 0.15) is 16.5 Å². The van der Waals surface area contributed by atoms with E-state index in [9.17, 15) is 13.2 Å². The molecule has 7 heteroatoms. The average molecular weight is 380 g/mol. The first-order valence-corrected chi connectivity index (χ1v) is 7.26. The van der Waals surface area contributed by atoms with Gasteiger partial charge in [-0.05, 0) is 27.6 Å². The lowest BCUT2D eigenvalue weighted by atomic mass is 10.1. The zero-order valence-corrected chi connectivity index (χ0v) is 13.0. The summed E-state index contributed by atoms with van der Waals surface area (Å²) in [5.41, 5.74) is 0.00569. The molecule has 1 N–H and O–H groups in total. The van der Waals surface area contributed by atoms with E-state index in [0.717, 1.165) is 11.6 Å². The van der Waals surface area contributed by atoms with Crippen molar-refractivity contribution >= 4 is 33.3 Å². The van der Waals surface area contributed by atoms with Gasteiger partial charge in [-0.1, -0.05) is 30.3 Å². The molecule has 0 fully saturated rings. The first-order chi connectivity index (χ1) is 9.88. The lowest BCUT2D eigenvalue weighted by Crippen LogP contribution is -2.15. The molecule has 1 unspecified atom stereocenters. The first-order valence-electron chi connectivity index (χ1n) is 6.03. The summed E-state index contributed by atoms with van der Waals surface area (Å²) >= 11 is 9.16. The van der Waals surface area contributed by atoms with Gasteiger partial charge in [-0.15, -0.1) is 11.6 Å². The number of alkyl halides is 4. The van der Waals surface area contributed by atoms with Gasteiger partial charge in [0.15, 0.2) is 0 Å². The third-order valence-corrected chi connectivity index (χ3v) is 3.61. The fourth-order valence-electron chi connectivity index (χ4n) is 1.76. The Hall–Kier alpha value is -1.27. The van der Waals surface area contributed by atoms with Crippen LogP contribution in [0.5, 0.6) is 0 Å². The molecule has 0 aliphatic rings. The molecule has 0 saturated heterocycles. The summed E-state index contributed by atoms with van der Waals surface area (Å²) in [6.07, 6.45) is -3.17.